The summed E-state index contributed by atoms with van der Waals surface area (Å²) < 4.78 is 31.0. The third kappa shape index (κ3) is 5.98. The fraction of sp³-hybridized carbons (Fsp3) is 0. The molecule has 6 heteroatoms. The lowest BCUT2D eigenvalue weighted by molar-refractivity contribution is 0.591. The van der Waals surface area contributed by atoms with Gasteiger partial charge in [-0.05, 0) is 59.7 Å². The van der Waals surface area contributed by atoms with E-state index in [9.17, 15) is 0 Å². The van der Waals surface area contributed by atoms with E-state index in [1.807, 2.05) is 140 Å². The maximum Gasteiger partial charge on any atom is 0.171 e. The van der Waals surface area contributed by atoms with Crippen molar-refractivity contribution >= 4 is 74.9 Å². The Labute approximate surface area is 320 Å². The van der Waals surface area contributed by atoms with Gasteiger partial charge in [0.2, 0.25) is 0 Å². The minimum Gasteiger partial charge on any atom is -0.309 e. The largest absolute Gasteiger partial charge is 0.309 e. The Kier molecular flexibility index (Phi) is 9.05. The summed E-state index contributed by atoms with van der Waals surface area (Å²) in [5.41, 5.74) is 5.29. The zero-order valence-corrected chi connectivity index (χ0v) is 31.9. The Balaban J connectivity index is 1.23. The van der Waals surface area contributed by atoms with Gasteiger partial charge in [0.05, 0.1) is 11.4 Å². The third-order valence-corrected chi connectivity index (χ3v) is 17.2. The zero-order valence-electron chi connectivity index (χ0n) is 29.3. The molecule has 0 fully saturated rings. The van der Waals surface area contributed by atoms with Crippen LogP contribution < -0.4 is 36.7 Å². The van der Waals surface area contributed by atoms with E-state index in [1.165, 1.54) is 0 Å². The molecule has 1 heterocycles. The van der Waals surface area contributed by atoms with Crippen LogP contribution in [0.1, 0.15) is 0 Å². The van der Waals surface area contributed by atoms with Crippen LogP contribution in [0.25, 0.3) is 11.1 Å². The van der Waals surface area contributed by atoms with Crippen LogP contribution in [-0.2, 0) is 9.13 Å². The molecule has 0 aromatic heterocycles. The summed E-state index contributed by atoms with van der Waals surface area (Å²) in [7, 11) is -6.46. The van der Waals surface area contributed by atoms with Crippen molar-refractivity contribution in [2.24, 2.45) is 0 Å². The highest BCUT2D eigenvalue weighted by molar-refractivity contribution is 8.00. The smallest absolute Gasteiger partial charge is 0.171 e. The van der Waals surface area contributed by atoms with E-state index in [0.717, 1.165) is 69.8 Å². The second kappa shape index (κ2) is 14.3. The number of fused-ring (bicyclic) bond motifs is 2. The molecule has 0 spiro atoms. The van der Waals surface area contributed by atoms with Gasteiger partial charge in [-0.25, -0.2) is 0 Å². The van der Waals surface area contributed by atoms with E-state index >= 15 is 9.13 Å². The lowest BCUT2D eigenvalue weighted by atomic mass is 10.0. The summed E-state index contributed by atoms with van der Waals surface area (Å²) in [5.74, 6) is 0. The summed E-state index contributed by atoms with van der Waals surface area (Å²) in [6.07, 6.45) is 0. The number of benzene rings is 8. The lowest BCUT2D eigenvalue weighted by Crippen LogP contribution is -2.27. The van der Waals surface area contributed by atoms with Crippen LogP contribution in [0.5, 0.6) is 0 Å². The summed E-state index contributed by atoms with van der Waals surface area (Å²) in [5, 5.41) is 4.70. The summed E-state index contributed by atoms with van der Waals surface area (Å²) in [4.78, 5) is 4.23. The van der Waals surface area contributed by atoms with E-state index in [-0.39, 0.29) is 0 Å². The molecule has 8 aromatic carbocycles. The first kappa shape index (κ1) is 34.2. The lowest BCUT2D eigenvalue weighted by Gasteiger charge is -2.34. The van der Waals surface area contributed by atoms with Crippen molar-refractivity contribution in [1.29, 1.82) is 0 Å². The van der Waals surface area contributed by atoms with E-state index in [4.69, 9.17) is 0 Å². The van der Waals surface area contributed by atoms with Crippen LogP contribution in [0.4, 0.5) is 17.1 Å². The van der Waals surface area contributed by atoms with Gasteiger partial charge in [0.15, 0.2) is 14.3 Å². The molecule has 8 aromatic rings. The summed E-state index contributed by atoms with van der Waals surface area (Å²) in [6.45, 7) is 0. The molecule has 54 heavy (non-hydrogen) atoms. The zero-order chi connectivity index (χ0) is 36.5. The molecule has 3 nitrogen and oxygen atoms in total. The van der Waals surface area contributed by atoms with Gasteiger partial charge in [-0.2, -0.15) is 0 Å². The highest BCUT2D eigenvalue weighted by Gasteiger charge is 2.35. The highest BCUT2D eigenvalue weighted by Crippen LogP contribution is 2.54. The number of anilines is 3. The van der Waals surface area contributed by atoms with E-state index < -0.39 is 14.3 Å². The molecule has 1 aliphatic rings. The predicted octanol–water partition coefficient (Wildman–Crippen LogP) is 10.6. The Morgan fingerprint density at radius 1 is 0.333 bits per heavy atom. The van der Waals surface area contributed by atoms with Crippen molar-refractivity contribution in [3.8, 4) is 11.1 Å². The first-order valence-electron chi connectivity index (χ1n) is 17.9. The number of rotatable bonds is 8. The fourth-order valence-corrected chi connectivity index (χ4v) is 14.0. The monoisotopic (exact) mass is 751 g/mol. The molecule has 1 aliphatic heterocycles. The summed E-state index contributed by atoms with van der Waals surface area (Å²) >= 11 is 1.64. The van der Waals surface area contributed by atoms with Crippen LogP contribution in [0.3, 0.4) is 0 Å². The van der Waals surface area contributed by atoms with Crippen LogP contribution in [0, 0.1) is 0 Å². The second-order valence-electron chi connectivity index (χ2n) is 13.2. The average molecular weight is 752 g/mol. The molecule has 0 unspecified atom stereocenters. The molecule has 0 N–H and O–H groups in total. The first-order valence-corrected chi connectivity index (χ1v) is 22.1. The van der Waals surface area contributed by atoms with E-state index in [2.05, 4.69) is 77.7 Å². The molecular weight excluding hydrogens is 717 g/mol. The van der Waals surface area contributed by atoms with Crippen molar-refractivity contribution in [2.75, 3.05) is 4.90 Å². The maximum absolute atomic E-state index is 15.5. The number of hydrogen-bond acceptors (Lipinski definition) is 4. The average Bonchev–Trinajstić information content (AvgIpc) is 3.26. The number of hydrogen-bond donors (Lipinski definition) is 0. The Bertz CT molecular complexity index is 2440. The third-order valence-electron chi connectivity index (χ3n) is 10.0. The molecular formula is C48H35NO2P2S. The second-order valence-corrected chi connectivity index (χ2v) is 19.8. The van der Waals surface area contributed by atoms with Gasteiger partial charge in [0.25, 0.3) is 0 Å². The normalized spacial score (nSPS) is 12.5. The summed E-state index contributed by atoms with van der Waals surface area (Å²) in [6, 6.07) is 70.7. The van der Waals surface area contributed by atoms with E-state index in [0.29, 0.717) is 0 Å². The molecule has 0 amide bonds. The molecule has 0 radical (unpaired) electrons. The highest BCUT2D eigenvalue weighted by atomic mass is 32.2. The van der Waals surface area contributed by atoms with Gasteiger partial charge >= 0.3 is 0 Å². The molecule has 0 aliphatic carbocycles. The van der Waals surface area contributed by atoms with Gasteiger partial charge in [-0.3, -0.25) is 0 Å². The van der Waals surface area contributed by atoms with Crippen molar-refractivity contribution in [3.05, 3.63) is 212 Å². The van der Waals surface area contributed by atoms with Crippen LogP contribution in [0.15, 0.2) is 222 Å². The Morgan fingerprint density at radius 3 is 1.04 bits per heavy atom. The Morgan fingerprint density at radius 2 is 0.667 bits per heavy atom. The van der Waals surface area contributed by atoms with Gasteiger partial charge in [0.1, 0.15) is 0 Å². The first-order chi connectivity index (χ1) is 26.5. The van der Waals surface area contributed by atoms with Crippen molar-refractivity contribution < 1.29 is 9.13 Å². The van der Waals surface area contributed by atoms with Crippen molar-refractivity contribution in [2.45, 2.75) is 9.79 Å². The number of nitrogens with zero attached hydrogens (tertiary/aromatic N) is 1. The topological polar surface area (TPSA) is 37.4 Å². The van der Waals surface area contributed by atoms with Crippen LogP contribution in [0.2, 0.25) is 0 Å². The van der Waals surface area contributed by atoms with Gasteiger partial charge in [-0.15, -0.1) is 0 Å². The van der Waals surface area contributed by atoms with E-state index in [1.54, 1.807) is 11.8 Å². The van der Waals surface area contributed by atoms with Gasteiger partial charge < -0.3 is 14.0 Å². The minimum absolute atomic E-state index is 0.768. The van der Waals surface area contributed by atoms with Crippen LogP contribution >= 0.6 is 26.0 Å². The molecule has 0 saturated carbocycles. The van der Waals surface area contributed by atoms with Crippen LogP contribution in [-0.4, -0.2) is 0 Å². The van der Waals surface area contributed by atoms with Gasteiger partial charge in [0, 0.05) is 47.3 Å². The molecule has 9 rings (SSSR count). The SMILES string of the molecule is O=P(c1ccccc1)(c1ccccc1)c1ccc2c(c1)Sc1cc(P(=O)(c3ccccc3)c3ccccc3)ccc1N2c1ccc(-c2ccccc2)cc1. The molecule has 0 saturated heterocycles. The van der Waals surface area contributed by atoms with Crippen molar-refractivity contribution in [3.63, 3.8) is 0 Å². The Hall–Kier alpha value is -5.63. The predicted molar refractivity (Wildman–Crippen MR) is 229 cm³/mol. The molecule has 0 bridgehead atoms. The van der Waals surface area contributed by atoms with Gasteiger partial charge in [-0.1, -0.05) is 176 Å². The standard InChI is InChI=1S/C48H35NO2P2S/c50-52(39-18-8-2-9-19-39,40-20-10-3-11-21-40)43-30-32-45-47(34-43)54-48-35-44(53(51,41-22-12-4-13-23-41)42-24-14-5-15-25-42)31-33-46(48)49(45)38-28-26-37(27-29-38)36-16-6-1-7-17-36/h1-35H. The quantitative estimate of drug-likeness (QED) is 0.145. The molecule has 0 atom stereocenters. The maximum atomic E-state index is 15.5. The fourth-order valence-electron chi connectivity index (χ4n) is 7.34. The van der Waals surface area contributed by atoms with Crippen molar-refractivity contribution in [1.82, 2.24) is 0 Å². The minimum atomic E-state index is -3.23. The molecule has 260 valence electrons.